The van der Waals surface area contributed by atoms with Crippen molar-refractivity contribution in [2.75, 3.05) is 5.73 Å². The van der Waals surface area contributed by atoms with Crippen LogP contribution in [0.4, 0.5) is 20.3 Å². The van der Waals surface area contributed by atoms with Crippen molar-refractivity contribution in [3.05, 3.63) is 57.8 Å². The molecular weight excluding hydrogens is 272 g/mol. The van der Waals surface area contributed by atoms with Crippen molar-refractivity contribution in [2.24, 2.45) is 0 Å². The normalized spacial score (nSPS) is 10.3. The molecule has 0 aliphatic heterocycles. The summed E-state index contributed by atoms with van der Waals surface area (Å²) < 4.78 is 31.9. The van der Waals surface area contributed by atoms with Gasteiger partial charge in [-0.05, 0) is 12.1 Å². The van der Waals surface area contributed by atoms with E-state index in [1.807, 2.05) is 0 Å². The molecule has 20 heavy (non-hydrogen) atoms. The van der Waals surface area contributed by atoms with Gasteiger partial charge < -0.3 is 10.5 Å². The fourth-order valence-electron chi connectivity index (χ4n) is 1.50. The Bertz CT molecular complexity index is 664. The monoisotopic (exact) mass is 281 g/mol. The minimum absolute atomic E-state index is 0.140. The molecule has 1 aromatic carbocycles. The second kappa shape index (κ2) is 5.47. The van der Waals surface area contributed by atoms with Gasteiger partial charge in [0.2, 0.25) is 5.82 Å². The van der Waals surface area contributed by atoms with E-state index >= 15 is 0 Å². The number of nitro benzene ring substituents is 1. The van der Waals surface area contributed by atoms with E-state index in [4.69, 9.17) is 10.5 Å². The number of pyridine rings is 1. The summed E-state index contributed by atoms with van der Waals surface area (Å²) in [5.41, 5.74) is 4.93. The SMILES string of the molecule is Nc1cccc(COc2cc(F)c([N+](=O)[O-])cc2F)n1. The molecule has 6 nitrogen and oxygen atoms in total. The lowest BCUT2D eigenvalue weighted by Crippen LogP contribution is -2.03. The summed E-state index contributed by atoms with van der Waals surface area (Å²) in [6.45, 7) is -0.140. The number of halogens is 2. The Balaban J connectivity index is 2.18. The molecular formula is C12H9F2N3O3. The van der Waals surface area contributed by atoms with Crippen molar-refractivity contribution in [1.29, 1.82) is 0 Å². The van der Waals surface area contributed by atoms with Crippen molar-refractivity contribution in [3.63, 3.8) is 0 Å². The third kappa shape index (κ3) is 2.97. The molecule has 0 unspecified atom stereocenters. The quantitative estimate of drug-likeness (QED) is 0.686. The zero-order valence-electron chi connectivity index (χ0n) is 10.0. The number of aromatic nitrogens is 1. The molecule has 0 amide bonds. The van der Waals surface area contributed by atoms with E-state index in [9.17, 15) is 18.9 Å². The second-order valence-corrected chi connectivity index (χ2v) is 3.83. The van der Waals surface area contributed by atoms with Gasteiger partial charge in [-0.25, -0.2) is 9.37 Å². The number of ether oxygens (including phenoxy) is 1. The van der Waals surface area contributed by atoms with Gasteiger partial charge in [-0.1, -0.05) is 6.07 Å². The van der Waals surface area contributed by atoms with Crippen molar-refractivity contribution in [1.82, 2.24) is 4.98 Å². The summed E-state index contributed by atoms with van der Waals surface area (Å²) in [4.78, 5) is 13.3. The van der Waals surface area contributed by atoms with Crippen LogP contribution in [0.3, 0.4) is 0 Å². The second-order valence-electron chi connectivity index (χ2n) is 3.83. The number of anilines is 1. The molecule has 0 aliphatic rings. The first kappa shape index (κ1) is 13.7. The largest absolute Gasteiger partial charge is 0.484 e. The Morgan fingerprint density at radius 3 is 2.70 bits per heavy atom. The van der Waals surface area contributed by atoms with Crippen LogP contribution in [-0.4, -0.2) is 9.91 Å². The van der Waals surface area contributed by atoms with E-state index in [-0.39, 0.29) is 12.4 Å². The van der Waals surface area contributed by atoms with Crippen LogP contribution < -0.4 is 10.5 Å². The summed E-state index contributed by atoms with van der Waals surface area (Å²) >= 11 is 0. The molecule has 0 spiro atoms. The predicted molar refractivity (Wildman–Crippen MR) is 66.0 cm³/mol. The molecule has 2 N–H and O–H groups in total. The number of nitrogens with two attached hydrogens (primary N) is 1. The fourth-order valence-corrected chi connectivity index (χ4v) is 1.50. The molecule has 0 radical (unpaired) electrons. The molecule has 8 heteroatoms. The first-order valence-corrected chi connectivity index (χ1v) is 5.45. The number of hydrogen-bond donors (Lipinski definition) is 1. The third-order valence-corrected chi connectivity index (χ3v) is 2.40. The average molecular weight is 281 g/mol. The molecule has 0 saturated heterocycles. The van der Waals surface area contributed by atoms with Crippen LogP contribution in [-0.2, 0) is 6.61 Å². The maximum Gasteiger partial charge on any atom is 0.307 e. The highest BCUT2D eigenvalue weighted by molar-refractivity contribution is 5.39. The van der Waals surface area contributed by atoms with Crippen LogP contribution in [0.2, 0.25) is 0 Å². The van der Waals surface area contributed by atoms with Gasteiger partial charge in [0.05, 0.1) is 16.7 Å². The summed E-state index contributed by atoms with van der Waals surface area (Å²) in [5, 5.41) is 10.4. The van der Waals surface area contributed by atoms with E-state index in [2.05, 4.69) is 4.98 Å². The molecule has 1 heterocycles. The van der Waals surface area contributed by atoms with E-state index in [0.717, 1.165) is 0 Å². The first-order chi connectivity index (χ1) is 9.47. The summed E-state index contributed by atoms with van der Waals surface area (Å²) in [6, 6.07) is 5.89. The first-order valence-electron chi connectivity index (χ1n) is 5.45. The Hall–Kier alpha value is -2.77. The summed E-state index contributed by atoms with van der Waals surface area (Å²) in [7, 11) is 0. The van der Waals surface area contributed by atoms with Crippen molar-refractivity contribution in [3.8, 4) is 5.75 Å². The Labute approximate surface area is 112 Å². The van der Waals surface area contributed by atoms with E-state index in [1.165, 1.54) is 0 Å². The average Bonchev–Trinajstić information content (AvgIpc) is 2.39. The van der Waals surface area contributed by atoms with Crippen LogP contribution in [0.15, 0.2) is 30.3 Å². The molecule has 2 rings (SSSR count). The molecule has 2 aromatic rings. The third-order valence-electron chi connectivity index (χ3n) is 2.40. The molecule has 0 saturated carbocycles. The Morgan fingerprint density at radius 1 is 1.30 bits per heavy atom. The fraction of sp³-hybridized carbons (Fsp3) is 0.0833. The van der Waals surface area contributed by atoms with Crippen LogP contribution in [0.1, 0.15) is 5.69 Å². The molecule has 0 fully saturated rings. The number of nitrogens with zero attached hydrogens (tertiary/aromatic N) is 2. The lowest BCUT2D eigenvalue weighted by molar-refractivity contribution is -0.387. The van der Waals surface area contributed by atoms with Gasteiger partial charge in [0.25, 0.3) is 0 Å². The minimum Gasteiger partial charge on any atom is -0.484 e. The zero-order chi connectivity index (χ0) is 14.7. The number of hydrogen-bond acceptors (Lipinski definition) is 5. The van der Waals surface area contributed by atoms with Crippen LogP contribution in [0.25, 0.3) is 0 Å². The summed E-state index contributed by atoms with van der Waals surface area (Å²) in [5.74, 6) is -2.37. The van der Waals surface area contributed by atoms with Crippen LogP contribution in [0.5, 0.6) is 5.75 Å². The van der Waals surface area contributed by atoms with E-state index in [0.29, 0.717) is 17.8 Å². The van der Waals surface area contributed by atoms with E-state index < -0.39 is 28.0 Å². The highest BCUT2D eigenvalue weighted by Crippen LogP contribution is 2.26. The topological polar surface area (TPSA) is 91.3 Å². The van der Waals surface area contributed by atoms with Gasteiger partial charge in [0, 0.05) is 6.07 Å². The highest BCUT2D eigenvalue weighted by atomic mass is 19.1. The number of rotatable bonds is 4. The maximum atomic E-state index is 13.5. The number of nitro groups is 1. The van der Waals surface area contributed by atoms with Gasteiger partial charge >= 0.3 is 5.69 Å². The van der Waals surface area contributed by atoms with Crippen molar-refractivity contribution < 1.29 is 18.4 Å². The minimum atomic E-state index is -1.17. The van der Waals surface area contributed by atoms with Crippen LogP contribution >= 0.6 is 0 Å². The lowest BCUT2D eigenvalue weighted by atomic mass is 10.2. The smallest absolute Gasteiger partial charge is 0.307 e. The van der Waals surface area contributed by atoms with E-state index in [1.54, 1.807) is 18.2 Å². The van der Waals surface area contributed by atoms with Gasteiger partial charge in [0.1, 0.15) is 12.4 Å². The predicted octanol–water partition coefficient (Wildman–Crippen LogP) is 2.43. The lowest BCUT2D eigenvalue weighted by Gasteiger charge is -2.07. The number of nitrogen functional groups attached to an aromatic ring is 1. The molecule has 0 bridgehead atoms. The Morgan fingerprint density at radius 2 is 2.05 bits per heavy atom. The maximum absolute atomic E-state index is 13.5. The summed E-state index contributed by atoms with van der Waals surface area (Å²) in [6.07, 6.45) is 0. The Kier molecular flexibility index (Phi) is 3.74. The zero-order valence-corrected chi connectivity index (χ0v) is 10.0. The molecule has 0 aliphatic carbocycles. The van der Waals surface area contributed by atoms with Crippen molar-refractivity contribution >= 4 is 11.5 Å². The molecule has 0 atom stereocenters. The number of benzene rings is 1. The van der Waals surface area contributed by atoms with Gasteiger partial charge in [-0.2, -0.15) is 4.39 Å². The molecule has 1 aromatic heterocycles. The standard InChI is InChI=1S/C12H9F2N3O3/c13-8-5-11(9(14)4-10(8)17(18)19)20-6-7-2-1-3-12(15)16-7/h1-5H,6H2,(H2,15,16). The highest BCUT2D eigenvalue weighted by Gasteiger charge is 2.19. The van der Waals surface area contributed by atoms with Crippen molar-refractivity contribution in [2.45, 2.75) is 6.61 Å². The van der Waals surface area contributed by atoms with Gasteiger partial charge in [-0.3, -0.25) is 10.1 Å². The van der Waals surface area contributed by atoms with Crippen LogP contribution in [0, 0.1) is 21.7 Å². The van der Waals surface area contributed by atoms with Gasteiger partial charge in [0.15, 0.2) is 11.6 Å². The van der Waals surface area contributed by atoms with Gasteiger partial charge in [-0.15, -0.1) is 0 Å². The molecule has 104 valence electrons.